The molecule has 3 atom stereocenters. The first-order valence-corrected chi connectivity index (χ1v) is 7.11. The highest BCUT2D eigenvalue weighted by molar-refractivity contribution is 5.58. The van der Waals surface area contributed by atoms with Crippen molar-refractivity contribution in [2.75, 3.05) is 0 Å². The van der Waals surface area contributed by atoms with Crippen molar-refractivity contribution in [3.63, 3.8) is 0 Å². The maximum Gasteiger partial charge on any atom is -0.0117 e. The largest absolute Gasteiger partial charge is 0.0596 e. The molecule has 2 saturated carbocycles. The predicted octanol–water partition coefficient (Wildman–Crippen LogP) is 4.48. The van der Waals surface area contributed by atoms with Crippen LogP contribution in [0.3, 0.4) is 0 Å². The average Bonchev–Trinajstić information content (AvgIpc) is 2.54. The third-order valence-electron chi connectivity index (χ3n) is 5.86. The summed E-state index contributed by atoms with van der Waals surface area (Å²) in [6.07, 6.45) is 11.2. The van der Waals surface area contributed by atoms with E-state index in [1.54, 1.807) is 11.1 Å². The van der Waals surface area contributed by atoms with Gasteiger partial charge in [0.05, 0.1) is 0 Å². The van der Waals surface area contributed by atoms with E-state index in [-0.39, 0.29) is 0 Å². The second kappa shape index (κ2) is 2.83. The van der Waals surface area contributed by atoms with Crippen LogP contribution in [0.15, 0.2) is 22.8 Å². The summed E-state index contributed by atoms with van der Waals surface area (Å²) in [6.45, 7) is 5.07. The lowest BCUT2D eigenvalue weighted by Gasteiger charge is -2.51. The molecule has 16 heavy (non-hydrogen) atoms. The third kappa shape index (κ3) is 1.02. The van der Waals surface area contributed by atoms with Crippen LogP contribution in [0.1, 0.15) is 52.4 Å². The lowest BCUT2D eigenvalue weighted by atomic mass is 9.53. The Morgan fingerprint density at radius 2 is 2.12 bits per heavy atom. The summed E-state index contributed by atoms with van der Waals surface area (Å²) < 4.78 is 0. The van der Waals surface area contributed by atoms with Crippen molar-refractivity contribution in [3.8, 4) is 0 Å². The molecule has 0 aromatic rings. The van der Waals surface area contributed by atoms with Crippen LogP contribution in [-0.4, -0.2) is 0 Å². The van der Waals surface area contributed by atoms with Crippen molar-refractivity contribution >= 4 is 0 Å². The number of hydrogen-bond acceptors (Lipinski definition) is 0. The molecule has 0 radical (unpaired) electrons. The number of rotatable bonds is 0. The van der Waals surface area contributed by atoms with E-state index in [4.69, 9.17) is 0 Å². The van der Waals surface area contributed by atoms with Crippen LogP contribution >= 0.6 is 0 Å². The summed E-state index contributed by atoms with van der Waals surface area (Å²) in [5, 5.41) is 0. The standard InChI is InChI=1S/C16H22/c1-16(2)7-3-4-11-9-12-8-10-5-6-13(14(10)12)15(11)16/h8,11,13,15H,3-7,9H2,1-2H3. The topological polar surface area (TPSA) is 0 Å². The SMILES string of the molecule is CC1(C)CCCC2CC3=C4C(=C3)CCC4C21. The number of hydrogen-bond donors (Lipinski definition) is 0. The van der Waals surface area contributed by atoms with Gasteiger partial charge < -0.3 is 0 Å². The van der Waals surface area contributed by atoms with Gasteiger partial charge in [-0.15, -0.1) is 0 Å². The highest BCUT2D eigenvalue weighted by Gasteiger charge is 2.51. The maximum absolute atomic E-state index is 2.54. The van der Waals surface area contributed by atoms with Crippen molar-refractivity contribution in [1.82, 2.24) is 0 Å². The van der Waals surface area contributed by atoms with Gasteiger partial charge in [-0.25, -0.2) is 0 Å². The Hall–Kier alpha value is -0.520. The van der Waals surface area contributed by atoms with E-state index in [2.05, 4.69) is 19.9 Å². The normalized spacial score (nSPS) is 43.4. The Morgan fingerprint density at radius 3 is 3.00 bits per heavy atom. The van der Waals surface area contributed by atoms with E-state index in [0.717, 1.165) is 17.8 Å². The zero-order valence-electron chi connectivity index (χ0n) is 10.6. The zero-order valence-corrected chi connectivity index (χ0v) is 10.6. The fraction of sp³-hybridized carbons (Fsp3) is 0.750. The summed E-state index contributed by atoms with van der Waals surface area (Å²) in [4.78, 5) is 0. The molecule has 86 valence electrons. The van der Waals surface area contributed by atoms with Crippen LogP contribution < -0.4 is 0 Å². The molecule has 4 aliphatic rings. The summed E-state index contributed by atoms with van der Waals surface area (Å²) in [5.74, 6) is 2.98. The highest BCUT2D eigenvalue weighted by atomic mass is 14.6. The van der Waals surface area contributed by atoms with Gasteiger partial charge in [-0.1, -0.05) is 26.3 Å². The van der Waals surface area contributed by atoms with E-state index >= 15 is 0 Å². The minimum absolute atomic E-state index is 0.608. The van der Waals surface area contributed by atoms with Crippen LogP contribution in [0.2, 0.25) is 0 Å². The first kappa shape index (κ1) is 9.50. The van der Waals surface area contributed by atoms with Gasteiger partial charge >= 0.3 is 0 Å². The van der Waals surface area contributed by atoms with Crippen LogP contribution in [-0.2, 0) is 0 Å². The van der Waals surface area contributed by atoms with Crippen molar-refractivity contribution in [3.05, 3.63) is 22.8 Å². The molecule has 0 aromatic heterocycles. The van der Waals surface area contributed by atoms with Gasteiger partial charge in [0.2, 0.25) is 0 Å². The van der Waals surface area contributed by atoms with Crippen molar-refractivity contribution in [1.29, 1.82) is 0 Å². The zero-order chi connectivity index (χ0) is 10.9. The van der Waals surface area contributed by atoms with Gasteiger partial charge in [-0.2, -0.15) is 0 Å². The second-order valence-corrected chi connectivity index (χ2v) is 7.12. The van der Waals surface area contributed by atoms with Gasteiger partial charge in [-0.3, -0.25) is 0 Å². The Bertz CT molecular complexity index is 408. The van der Waals surface area contributed by atoms with Crippen molar-refractivity contribution in [2.24, 2.45) is 23.2 Å². The summed E-state index contributed by atoms with van der Waals surface area (Å²) in [5.41, 5.74) is 5.95. The molecule has 4 aliphatic carbocycles. The molecule has 4 rings (SSSR count). The van der Waals surface area contributed by atoms with E-state index in [9.17, 15) is 0 Å². The molecular formula is C16H22. The molecular weight excluding hydrogens is 192 g/mol. The lowest BCUT2D eigenvalue weighted by Crippen LogP contribution is -2.43. The average molecular weight is 214 g/mol. The minimum Gasteiger partial charge on any atom is -0.0596 e. The first-order valence-electron chi connectivity index (χ1n) is 7.11. The smallest absolute Gasteiger partial charge is 0.0117 e. The predicted molar refractivity (Wildman–Crippen MR) is 67.1 cm³/mol. The second-order valence-electron chi connectivity index (χ2n) is 7.12. The van der Waals surface area contributed by atoms with Crippen molar-refractivity contribution < 1.29 is 0 Å². The molecule has 0 heteroatoms. The molecule has 0 saturated heterocycles. The third-order valence-corrected chi connectivity index (χ3v) is 5.86. The number of fused-ring (bicyclic) bond motifs is 2. The molecule has 0 heterocycles. The highest BCUT2D eigenvalue weighted by Crippen LogP contribution is 2.62. The quantitative estimate of drug-likeness (QED) is 0.558. The van der Waals surface area contributed by atoms with Gasteiger partial charge in [-0.05, 0) is 72.0 Å². The minimum atomic E-state index is 0.608. The van der Waals surface area contributed by atoms with Crippen LogP contribution in [0.4, 0.5) is 0 Å². The van der Waals surface area contributed by atoms with E-state index in [1.807, 2.05) is 5.57 Å². The Labute approximate surface area is 98.8 Å². The fourth-order valence-electron chi connectivity index (χ4n) is 5.35. The monoisotopic (exact) mass is 214 g/mol. The summed E-state index contributed by atoms with van der Waals surface area (Å²) >= 11 is 0. The Kier molecular flexibility index (Phi) is 1.68. The van der Waals surface area contributed by atoms with E-state index < -0.39 is 0 Å². The molecule has 2 fully saturated rings. The molecule has 0 nitrogen and oxygen atoms in total. The first-order chi connectivity index (χ1) is 7.67. The Balaban J connectivity index is 1.77. The van der Waals surface area contributed by atoms with E-state index in [1.165, 1.54) is 38.5 Å². The van der Waals surface area contributed by atoms with Crippen molar-refractivity contribution in [2.45, 2.75) is 52.4 Å². The van der Waals surface area contributed by atoms with Gasteiger partial charge in [0.1, 0.15) is 0 Å². The maximum atomic E-state index is 2.54. The van der Waals surface area contributed by atoms with Crippen LogP contribution in [0, 0.1) is 23.2 Å². The lowest BCUT2D eigenvalue weighted by molar-refractivity contribution is 0.0313. The fourth-order valence-corrected chi connectivity index (χ4v) is 5.35. The molecule has 0 spiro atoms. The molecule has 0 aromatic carbocycles. The van der Waals surface area contributed by atoms with Gasteiger partial charge in [0.15, 0.2) is 0 Å². The van der Waals surface area contributed by atoms with Gasteiger partial charge in [0, 0.05) is 0 Å². The van der Waals surface area contributed by atoms with E-state index in [0.29, 0.717) is 5.41 Å². The molecule has 0 amide bonds. The summed E-state index contributed by atoms with van der Waals surface area (Å²) in [7, 11) is 0. The van der Waals surface area contributed by atoms with Crippen LogP contribution in [0.25, 0.3) is 0 Å². The Morgan fingerprint density at radius 1 is 1.25 bits per heavy atom. The van der Waals surface area contributed by atoms with Gasteiger partial charge in [0.25, 0.3) is 0 Å². The summed E-state index contributed by atoms with van der Waals surface area (Å²) in [6, 6.07) is 0. The van der Waals surface area contributed by atoms with Crippen LogP contribution in [0.5, 0.6) is 0 Å². The molecule has 0 aliphatic heterocycles. The molecule has 0 N–H and O–H groups in total. The molecule has 0 bridgehead atoms. The molecule has 3 unspecified atom stereocenters. The number of allylic oxidation sites excluding steroid dienone is 4.